The van der Waals surface area contributed by atoms with Gasteiger partial charge >= 0.3 is 5.97 Å². The van der Waals surface area contributed by atoms with Gasteiger partial charge < -0.3 is 10.2 Å². The number of aliphatic carboxylic acids is 1. The van der Waals surface area contributed by atoms with Gasteiger partial charge in [-0.3, -0.25) is 4.79 Å². The average Bonchev–Trinajstić information content (AvgIpc) is 3.09. The van der Waals surface area contributed by atoms with E-state index < -0.39 is 17.5 Å². The van der Waals surface area contributed by atoms with E-state index in [1.165, 1.54) is 44.1 Å². The Bertz CT molecular complexity index is 865. The van der Waals surface area contributed by atoms with Crippen LogP contribution in [0.5, 0.6) is 0 Å². The van der Waals surface area contributed by atoms with Crippen molar-refractivity contribution in [3.8, 4) is 0 Å². The van der Waals surface area contributed by atoms with Gasteiger partial charge in [0.15, 0.2) is 0 Å². The molecule has 0 radical (unpaired) electrons. The predicted octanol–water partition coefficient (Wildman–Crippen LogP) is 7.09. The topological polar surface area (TPSA) is 57.5 Å². The molecule has 0 spiro atoms. The molecule has 0 unspecified atom stereocenters. The lowest BCUT2D eigenvalue weighted by atomic mass is 9.31. The van der Waals surface area contributed by atoms with E-state index >= 15 is 0 Å². The highest BCUT2D eigenvalue weighted by atomic mass is 16.4. The van der Waals surface area contributed by atoms with Crippen molar-refractivity contribution in [1.29, 1.82) is 0 Å². The first kappa shape index (κ1) is 23.9. The molecule has 3 nitrogen and oxygen atoms in total. The second-order valence-corrected chi connectivity index (χ2v) is 14.4. The summed E-state index contributed by atoms with van der Waals surface area (Å²) in [6.45, 7) is 18.8. The molecule has 0 aromatic heterocycles. The van der Waals surface area contributed by atoms with Crippen LogP contribution < -0.4 is 0 Å². The number of aliphatic hydroxyl groups excluding tert-OH is 1. The van der Waals surface area contributed by atoms with E-state index in [9.17, 15) is 15.0 Å². The van der Waals surface area contributed by atoms with Gasteiger partial charge in [-0.25, -0.2) is 0 Å². The fourth-order valence-corrected chi connectivity index (χ4v) is 11.7. The molecule has 33 heavy (non-hydrogen) atoms. The van der Waals surface area contributed by atoms with Gasteiger partial charge in [-0.05, 0) is 129 Å². The molecule has 11 atom stereocenters. The third-order valence-corrected chi connectivity index (χ3v) is 13.7. The largest absolute Gasteiger partial charge is 0.481 e. The molecule has 0 aromatic carbocycles. The zero-order valence-electron chi connectivity index (χ0n) is 22.0. The number of fused-ring (bicyclic) bond motifs is 7. The summed E-state index contributed by atoms with van der Waals surface area (Å²) in [5.74, 6) is 2.08. The molecule has 0 heterocycles. The van der Waals surface area contributed by atoms with E-state index in [0.29, 0.717) is 29.1 Å². The summed E-state index contributed by atoms with van der Waals surface area (Å²) in [5.41, 5.74) is 1.36. The molecular weight excluding hydrogens is 408 g/mol. The number of hydrogen-bond donors (Lipinski definition) is 2. The maximum atomic E-state index is 12.5. The van der Waals surface area contributed by atoms with Gasteiger partial charge in [0.2, 0.25) is 0 Å². The summed E-state index contributed by atoms with van der Waals surface area (Å²) >= 11 is 0. The van der Waals surface area contributed by atoms with Crippen LogP contribution in [0, 0.1) is 56.7 Å². The molecule has 186 valence electrons. The highest BCUT2D eigenvalue weighted by Crippen LogP contribution is 2.78. The number of carbonyl (C=O) groups is 1. The summed E-state index contributed by atoms with van der Waals surface area (Å²) in [6.07, 6.45) is 10.8. The fraction of sp³-hybridized carbons (Fsp3) is 0.900. The highest BCUT2D eigenvalue weighted by molar-refractivity contribution is 5.76. The van der Waals surface area contributed by atoms with Crippen molar-refractivity contribution < 1.29 is 15.0 Å². The van der Waals surface area contributed by atoms with E-state index in [0.717, 1.165) is 31.1 Å². The zero-order valence-corrected chi connectivity index (χ0v) is 22.0. The molecule has 5 saturated carbocycles. The van der Waals surface area contributed by atoms with Crippen molar-refractivity contribution in [2.45, 2.75) is 112 Å². The smallest absolute Gasteiger partial charge is 0.312 e. The van der Waals surface area contributed by atoms with Crippen LogP contribution >= 0.6 is 0 Å². The van der Waals surface area contributed by atoms with E-state index in [1.807, 2.05) is 6.92 Å². The van der Waals surface area contributed by atoms with Gasteiger partial charge in [-0.1, -0.05) is 39.8 Å². The molecule has 0 amide bonds. The first-order valence-corrected chi connectivity index (χ1v) is 13.8. The Morgan fingerprint density at radius 2 is 1.30 bits per heavy atom. The number of carboxylic acids is 1. The Morgan fingerprint density at radius 3 is 1.88 bits per heavy atom. The van der Waals surface area contributed by atoms with Crippen molar-refractivity contribution in [2.75, 3.05) is 0 Å². The van der Waals surface area contributed by atoms with Crippen LogP contribution in [-0.4, -0.2) is 22.3 Å². The van der Waals surface area contributed by atoms with Crippen LogP contribution in [0.4, 0.5) is 0 Å². The number of allylic oxidation sites excluding steroid dienone is 1. The van der Waals surface area contributed by atoms with Crippen LogP contribution in [0.1, 0.15) is 106 Å². The molecule has 5 fully saturated rings. The maximum Gasteiger partial charge on any atom is 0.312 e. The molecule has 0 aliphatic heterocycles. The normalized spacial score (nSPS) is 57.9. The van der Waals surface area contributed by atoms with Crippen LogP contribution in [0.25, 0.3) is 0 Å². The van der Waals surface area contributed by atoms with E-state index in [4.69, 9.17) is 0 Å². The summed E-state index contributed by atoms with van der Waals surface area (Å²) < 4.78 is 0. The Balaban J connectivity index is 1.53. The third-order valence-electron chi connectivity index (χ3n) is 13.7. The van der Waals surface area contributed by atoms with Crippen molar-refractivity contribution in [3.63, 3.8) is 0 Å². The second-order valence-electron chi connectivity index (χ2n) is 14.4. The zero-order chi connectivity index (χ0) is 24.2. The minimum atomic E-state index is -1.02. The Kier molecular flexibility index (Phi) is 5.15. The Morgan fingerprint density at radius 1 is 0.758 bits per heavy atom. The summed E-state index contributed by atoms with van der Waals surface area (Å²) in [6, 6.07) is 0. The van der Waals surface area contributed by atoms with Crippen LogP contribution in [-0.2, 0) is 4.79 Å². The lowest BCUT2D eigenvalue weighted by molar-refractivity contribution is -0.253. The van der Waals surface area contributed by atoms with Crippen molar-refractivity contribution >= 4 is 5.97 Å². The molecule has 5 aliphatic carbocycles. The molecule has 0 bridgehead atoms. The molecule has 2 N–H and O–H groups in total. The Labute approximate surface area is 201 Å². The van der Waals surface area contributed by atoms with Gasteiger partial charge in [0, 0.05) is 0 Å². The first-order valence-electron chi connectivity index (χ1n) is 13.8. The number of rotatable bonds is 2. The quantitative estimate of drug-likeness (QED) is 0.436. The highest BCUT2D eigenvalue weighted by Gasteiger charge is 2.72. The van der Waals surface area contributed by atoms with Gasteiger partial charge in [0.1, 0.15) is 0 Å². The van der Waals surface area contributed by atoms with E-state index in [2.05, 4.69) is 41.2 Å². The number of aliphatic hydroxyl groups is 1. The van der Waals surface area contributed by atoms with Gasteiger partial charge in [0.05, 0.1) is 11.5 Å². The maximum absolute atomic E-state index is 12.5. The van der Waals surface area contributed by atoms with Gasteiger partial charge in [-0.2, -0.15) is 0 Å². The third kappa shape index (κ3) is 2.70. The van der Waals surface area contributed by atoms with Crippen LogP contribution in [0.2, 0.25) is 0 Å². The molecule has 3 heteroatoms. The molecular formula is C30H48O3. The SMILES string of the molecule is C=C(C)[C@@H]1CC[C@]2(C)[C@H]3CC[C@@H]4[C@@]5(C)CC[C@@H](O)[C@](C)(C(=O)O)[C@@H]5CC[C@@]4(C)[C@]3(C)CC[C@@H]12. The average molecular weight is 457 g/mol. The predicted molar refractivity (Wildman–Crippen MR) is 133 cm³/mol. The standard InChI is InChI=1S/C30H48O3/c1-18(2)19-10-14-26(3)20(19)11-16-28(5)21(26)8-9-22-27(4)15-13-24(31)30(7,25(32)33)23(27)12-17-29(22,28)6/h19-24,31H,1,8-17H2,2-7H3,(H,32,33)/t19-,20-,21+,22+,23+,24+,26-,27+,28+,29+,30+/m0/s1. The van der Waals surface area contributed by atoms with Crippen LogP contribution in [0.3, 0.4) is 0 Å². The van der Waals surface area contributed by atoms with Gasteiger partial charge in [0.25, 0.3) is 0 Å². The van der Waals surface area contributed by atoms with Crippen molar-refractivity contribution in [2.24, 2.45) is 56.7 Å². The summed E-state index contributed by atoms with van der Waals surface area (Å²) in [5, 5.41) is 21.1. The Hall–Kier alpha value is -0.830. The number of hydrogen-bond acceptors (Lipinski definition) is 2. The molecule has 0 saturated heterocycles. The van der Waals surface area contributed by atoms with Crippen molar-refractivity contribution in [3.05, 3.63) is 12.2 Å². The number of carboxylic acid groups (broad SMARTS) is 1. The molecule has 5 rings (SSSR count). The monoisotopic (exact) mass is 456 g/mol. The van der Waals surface area contributed by atoms with Gasteiger partial charge in [-0.15, -0.1) is 0 Å². The van der Waals surface area contributed by atoms with E-state index in [1.54, 1.807) is 0 Å². The lowest BCUT2D eigenvalue weighted by Crippen LogP contribution is -2.68. The van der Waals surface area contributed by atoms with E-state index in [-0.39, 0.29) is 16.7 Å². The summed E-state index contributed by atoms with van der Waals surface area (Å²) in [7, 11) is 0. The molecule has 5 aliphatic rings. The van der Waals surface area contributed by atoms with Crippen LogP contribution in [0.15, 0.2) is 12.2 Å². The van der Waals surface area contributed by atoms with Crippen molar-refractivity contribution in [1.82, 2.24) is 0 Å². The minimum Gasteiger partial charge on any atom is -0.481 e. The molecule has 0 aromatic rings. The fourth-order valence-electron chi connectivity index (χ4n) is 11.7. The minimum absolute atomic E-state index is 0.00101. The lowest BCUT2D eigenvalue weighted by Gasteiger charge is -2.73. The summed E-state index contributed by atoms with van der Waals surface area (Å²) in [4.78, 5) is 12.5. The first-order chi connectivity index (χ1) is 15.3. The second kappa shape index (κ2) is 7.11.